The first-order chi connectivity index (χ1) is 7.99. The van der Waals surface area contributed by atoms with E-state index in [9.17, 15) is 15.0 Å². The van der Waals surface area contributed by atoms with E-state index in [0.717, 1.165) is 0 Å². The number of hydrogen-bond donors (Lipinski definition) is 5. The van der Waals surface area contributed by atoms with E-state index < -0.39 is 18.2 Å². The summed E-state index contributed by atoms with van der Waals surface area (Å²) in [5.41, 5.74) is 7.18. The second-order valence-electron chi connectivity index (χ2n) is 3.63. The van der Waals surface area contributed by atoms with Gasteiger partial charge in [-0.3, -0.25) is 0 Å². The average Bonchev–Trinajstić information content (AvgIpc) is 2.69. The third-order valence-corrected chi connectivity index (χ3v) is 2.36. The largest absolute Gasteiger partial charge is 0.479 e. The maximum atomic E-state index is 10.5. The molecular weight excluding hydrogens is 226 g/mol. The Labute approximate surface area is 95.5 Å². The number of aromatic amines is 1. The number of fused-ring (bicyclic) bond motifs is 1. The molecule has 0 fully saturated rings. The maximum absolute atomic E-state index is 10.5. The van der Waals surface area contributed by atoms with Crippen molar-refractivity contribution in [2.24, 2.45) is 0 Å². The van der Waals surface area contributed by atoms with Gasteiger partial charge in [-0.15, -0.1) is 0 Å². The molecule has 0 aliphatic heterocycles. The van der Waals surface area contributed by atoms with Crippen molar-refractivity contribution in [1.29, 1.82) is 0 Å². The smallest absolute Gasteiger partial charge is 0.335 e. The molecule has 2 aromatic rings. The number of rotatable bonds is 3. The Morgan fingerprint density at radius 2 is 2.12 bits per heavy atom. The van der Waals surface area contributed by atoms with Crippen LogP contribution in [0.4, 0.5) is 5.69 Å². The molecule has 2 rings (SSSR count). The fraction of sp³-hybridized carbons (Fsp3) is 0.200. The molecule has 0 saturated heterocycles. The highest BCUT2D eigenvalue weighted by molar-refractivity contribution is 5.79. The first kappa shape index (κ1) is 11.4. The van der Waals surface area contributed by atoms with Crippen LogP contribution in [-0.2, 0) is 4.79 Å². The first-order valence-electron chi connectivity index (χ1n) is 4.83. The summed E-state index contributed by atoms with van der Waals surface area (Å²) in [6.45, 7) is 0. The summed E-state index contributed by atoms with van der Waals surface area (Å²) in [6.07, 6.45) is -3.53. The zero-order chi connectivity index (χ0) is 12.6. The van der Waals surface area contributed by atoms with Gasteiger partial charge in [0.15, 0.2) is 6.10 Å². The van der Waals surface area contributed by atoms with Crippen molar-refractivity contribution >= 4 is 22.7 Å². The zero-order valence-corrected chi connectivity index (χ0v) is 8.66. The number of nitrogens with zero attached hydrogens (tertiary/aromatic N) is 1. The van der Waals surface area contributed by atoms with Crippen molar-refractivity contribution in [3.8, 4) is 0 Å². The Kier molecular flexibility index (Phi) is 2.70. The quantitative estimate of drug-likeness (QED) is 0.462. The molecule has 1 aromatic carbocycles. The van der Waals surface area contributed by atoms with E-state index in [-0.39, 0.29) is 5.82 Å². The molecule has 1 aromatic heterocycles. The summed E-state index contributed by atoms with van der Waals surface area (Å²) in [6, 6.07) is 4.86. The summed E-state index contributed by atoms with van der Waals surface area (Å²) in [7, 11) is 0. The number of aliphatic hydroxyl groups excluding tert-OH is 2. The fourth-order valence-electron chi connectivity index (χ4n) is 1.47. The van der Waals surface area contributed by atoms with Crippen molar-refractivity contribution in [1.82, 2.24) is 9.97 Å². The molecule has 1 heterocycles. The van der Waals surface area contributed by atoms with Gasteiger partial charge in [0.1, 0.15) is 11.9 Å². The van der Waals surface area contributed by atoms with Gasteiger partial charge in [-0.25, -0.2) is 9.78 Å². The van der Waals surface area contributed by atoms with E-state index in [1.165, 1.54) is 0 Å². The molecule has 17 heavy (non-hydrogen) atoms. The van der Waals surface area contributed by atoms with Crippen LogP contribution in [-0.4, -0.2) is 37.4 Å². The predicted octanol–water partition coefficient (Wildman–Crippen LogP) is -0.376. The number of aliphatic hydroxyl groups is 2. The van der Waals surface area contributed by atoms with E-state index in [1.54, 1.807) is 18.2 Å². The van der Waals surface area contributed by atoms with Crippen LogP contribution in [0.1, 0.15) is 11.9 Å². The summed E-state index contributed by atoms with van der Waals surface area (Å²) in [4.78, 5) is 17.2. The molecule has 2 atom stereocenters. The van der Waals surface area contributed by atoms with Gasteiger partial charge in [0, 0.05) is 5.69 Å². The highest BCUT2D eigenvalue weighted by Crippen LogP contribution is 2.20. The zero-order valence-electron chi connectivity index (χ0n) is 8.66. The normalized spacial score (nSPS) is 14.7. The van der Waals surface area contributed by atoms with Crippen LogP contribution in [0.3, 0.4) is 0 Å². The number of anilines is 1. The minimum atomic E-state index is -1.92. The Bertz CT molecular complexity index is 566. The molecule has 0 unspecified atom stereocenters. The number of aliphatic carboxylic acids is 1. The van der Waals surface area contributed by atoms with Crippen LogP contribution >= 0.6 is 0 Å². The molecule has 7 heteroatoms. The Balaban J connectivity index is 2.39. The number of hydrogen-bond acceptors (Lipinski definition) is 5. The van der Waals surface area contributed by atoms with Crippen molar-refractivity contribution in [3.05, 3.63) is 24.0 Å². The standard InChI is InChI=1S/C10H11N3O4/c11-4-1-2-5-6(3-4)13-9(12-5)7(14)8(15)10(16)17/h1-3,7-8,14-15H,11H2,(H,12,13)(H,16,17)/t7-,8-/m0/s1. The molecule has 0 aliphatic rings. The second-order valence-corrected chi connectivity index (χ2v) is 3.63. The van der Waals surface area contributed by atoms with Crippen LogP contribution in [0.25, 0.3) is 11.0 Å². The van der Waals surface area contributed by atoms with E-state index in [4.69, 9.17) is 10.8 Å². The van der Waals surface area contributed by atoms with Crippen LogP contribution < -0.4 is 5.73 Å². The van der Waals surface area contributed by atoms with Gasteiger partial charge in [0.05, 0.1) is 11.0 Å². The average molecular weight is 237 g/mol. The summed E-state index contributed by atoms with van der Waals surface area (Å²) in [5, 5.41) is 27.3. The third-order valence-electron chi connectivity index (χ3n) is 2.36. The molecule has 0 aliphatic carbocycles. The number of nitrogens with two attached hydrogens (primary N) is 1. The lowest BCUT2D eigenvalue weighted by Crippen LogP contribution is -2.28. The summed E-state index contributed by atoms with van der Waals surface area (Å²) < 4.78 is 0. The molecule has 90 valence electrons. The first-order valence-corrected chi connectivity index (χ1v) is 4.83. The SMILES string of the molecule is Nc1ccc2nc([C@@H](O)[C@H](O)C(=O)O)[nH]c2c1. The number of nitrogens with one attached hydrogen (secondary N) is 1. The number of carboxylic acids is 1. The fourth-order valence-corrected chi connectivity index (χ4v) is 1.47. The number of carboxylic acid groups (broad SMARTS) is 1. The number of carbonyl (C=O) groups is 1. The Morgan fingerprint density at radius 1 is 1.41 bits per heavy atom. The van der Waals surface area contributed by atoms with Gasteiger partial charge in [-0.05, 0) is 18.2 Å². The van der Waals surface area contributed by atoms with Gasteiger partial charge in [-0.2, -0.15) is 0 Å². The maximum Gasteiger partial charge on any atom is 0.335 e. The molecule has 6 N–H and O–H groups in total. The van der Waals surface area contributed by atoms with Gasteiger partial charge >= 0.3 is 5.97 Å². The van der Waals surface area contributed by atoms with E-state index in [0.29, 0.717) is 16.7 Å². The van der Waals surface area contributed by atoms with Crippen LogP contribution in [0, 0.1) is 0 Å². The summed E-state index contributed by atoms with van der Waals surface area (Å²) >= 11 is 0. The van der Waals surface area contributed by atoms with Gasteiger partial charge < -0.3 is 26.0 Å². The number of H-pyrrole nitrogens is 1. The number of imidazole rings is 1. The lowest BCUT2D eigenvalue weighted by atomic mass is 10.2. The van der Waals surface area contributed by atoms with E-state index >= 15 is 0 Å². The van der Waals surface area contributed by atoms with E-state index in [1.807, 2.05) is 0 Å². The molecule has 0 radical (unpaired) electrons. The van der Waals surface area contributed by atoms with Crippen molar-refractivity contribution in [2.45, 2.75) is 12.2 Å². The van der Waals surface area contributed by atoms with Gasteiger partial charge in [0.25, 0.3) is 0 Å². The van der Waals surface area contributed by atoms with Crippen LogP contribution in [0.2, 0.25) is 0 Å². The summed E-state index contributed by atoms with van der Waals surface area (Å²) in [5.74, 6) is -1.53. The molecular formula is C10H11N3O4. The topological polar surface area (TPSA) is 132 Å². The second kappa shape index (κ2) is 4.04. The predicted molar refractivity (Wildman–Crippen MR) is 59.1 cm³/mol. The van der Waals surface area contributed by atoms with Crippen molar-refractivity contribution in [2.75, 3.05) is 5.73 Å². The monoisotopic (exact) mass is 237 g/mol. The molecule has 0 bridgehead atoms. The number of aromatic nitrogens is 2. The van der Waals surface area contributed by atoms with Crippen LogP contribution in [0.15, 0.2) is 18.2 Å². The lowest BCUT2D eigenvalue weighted by Gasteiger charge is -2.10. The molecule has 0 spiro atoms. The highest BCUT2D eigenvalue weighted by Gasteiger charge is 2.27. The van der Waals surface area contributed by atoms with Crippen molar-refractivity contribution < 1.29 is 20.1 Å². The molecule has 0 saturated carbocycles. The number of benzene rings is 1. The lowest BCUT2D eigenvalue weighted by molar-refractivity contribution is -0.153. The highest BCUT2D eigenvalue weighted by atomic mass is 16.4. The van der Waals surface area contributed by atoms with Crippen LogP contribution in [0.5, 0.6) is 0 Å². The van der Waals surface area contributed by atoms with Gasteiger partial charge in [-0.1, -0.05) is 0 Å². The molecule has 7 nitrogen and oxygen atoms in total. The molecule has 0 amide bonds. The van der Waals surface area contributed by atoms with Crippen molar-refractivity contribution in [3.63, 3.8) is 0 Å². The Morgan fingerprint density at radius 3 is 2.76 bits per heavy atom. The van der Waals surface area contributed by atoms with Gasteiger partial charge in [0.2, 0.25) is 0 Å². The van der Waals surface area contributed by atoms with E-state index in [2.05, 4.69) is 9.97 Å². The Hall–Kier alpha value is -2.12. The third kappa shape index (κ3) is 2.05. The minimum absolute atomic E-state index is 0.0134. The minimum Gasteiger partial charge on any atom is -0.479 e. The number of nitrogen functional groups attached to an aromatic ring is 1.